The summed E-state index contributed by atoms with van der Waals surface area (Å²) in [6, 6.07) is 17.6. The molecule has 31 heavy (non-hydrogen) atoms. The minimum absolute atomic E-state index is 0.108. The van der Waals surface area contributed by atoms with Gasteiger partial charge in [0.05, 0.1) is 6.04 Å². The molecule has 0 saturated carbocycles. The smallest absolute Gasteiger partial charge is 0.316 e. The fraction of sp³-hybridized carbons (Fsp3) is 0.375. The minimum Gasteiger partial charge on any atom is -0.403 e. The lowest BCUT2D eigenvalue weighted by Crippen LogP contribution is -2.41. The third-order valence-corrected chi connectivity index (χ3v) is 6.22. The zero-order valence-electron chi connectivity index (χ0n) is 17.6. The predicted octanol–water partition coefficient (Wildman–Crippen LogP) is 4.89. The van der Waals surface area contributed by atoms with E-state index in [9.17, 15) is 4.79 Å². The van der Waals surface area contributed by atoms with Crippen LogP contribution in [0.1, 0.15) is 31.2 Å². The molecule has 2 heterocycles. The molecule has 6 nitrogen and oxygen atoms in total. The average Bonchev–Trinajstić information content (AvgIpc) is 3.28. The third-order valence-electron chi connectivity index (χ3n) is 5.97. The number of carbonyl (C=O) groups excluding carboxylic acids is 1. The monoisotopic (exact) mass is 438 g/mol. The summed E-state index contributed by atoms with van der Waals surface area (Å²) in [6.45, 7) is 4.94. The molecule has 0 spiro atoms. The molecule has 1 N–H and O–H groups in total. The number of carbonyl (C=O) groups is 1. The molecule has 0 bridgehead atoms. The number of benzene rings is 2. The van der Waals surface area contributed by atoms with Crippen molar-refractivity contribution in [3.63, 3.8) is 0 Å². The third kappa shape index (κ3) is 5.51. The van der Waals surface area contributed by atoms with Gasteiger partial charge in [-0.15, -0.1) is 5.10 Å². The van der Waals surface area contributed by atoms with Gasteiger partial charge in [0, 0.05) is 17.1 Å². The first-order valence-corrected chi connectivity index (χ1v) is 11.1. The first-order valence-electron chi connectivity index (χ1n) is 10.7. The number of aromatic nitrogens is 2. The standard InChI is InChI=1S/C24H27ClN4O2/c1-17(15-29-13-11-19(12-14-29)18-7-9-21(25)10-8-18)22(16-30)26-24-28-27-23(31-24)20-5-3-2-4-6-20/h2-10,16-17,19,22H,11-15H2,1H3,(H,26,28). The number of rotatable bonds is 8. The number of hydrogen-bond donors (Lipinski definition) is 1. The second-order valence-electron chi connectivity index (χ2n) is 8.19. The molecule has 1 saturated heterocycles. The van der Waals surface area contributed by atoms with Crippen molar-refractivity contribution in [3.8, 4) is 11.5 Å². The lowest BCUT2D eigenvalue weighted by atomic mass is 9.89. The summed E-state index contributed by atoms with van der Waals surface area (Å²) < 4.78 is 5.70. The van der Waals surface area contributed by atoms with Gasteiger partial charge < -0.3 is 19.4 Å². The number of nitrogens with one attached hydrogen (secondary N) is 1. The lowest BCUT2D eigenvalue weighted by Gasteiger charge is -2.34. The SMILES string of the molecule is CC(CN1CCC(c2ccc(Cl)cc2)CC1)C(C=O)Nc1nnc(-c2ccccc2)o1. The Bertz CT molecular complexity index is 969. The summed E-state index contributed by atoms with van der Waals surface area (Å²) in [4.78, 5) is 14.2. The van der Waals surface area contributed by atoms with Crippen LogP contribution in [0.5, 0.6) is 0 Å². The molecular formula is C24H27ClN4O2. The molecule has 162 valence electrons. The van der Waals surface area contributed by atoms with Gasteiger partial charge in [-0.2, -0.15) is 0 Å². The second kappa shape index (κ2) is 10.1. The number of hydrogen-bond acceptors (Lipinski definition) is 6. The van der Waals surface area contributed by atoms with Crippen LogP contribution in [-0.4, -0.2) is 47.1 Å². The Labute approximate surface area is 187 Å². The minimum atomic E-state index is -0.391. The summed E-state index contributed by atoms with van der Waals surface area (Å²) in [5.74, 6) is 1.11. The quantitative estimate of drug-likeness (QED) is 0.505. The van der Waals surface area contributed by atoms with Gasteiger partial charge in [-0.3, -0.25) is 0 Å². The maximum Gasteiger partial charge on any atom is 0.316 e. The van der Waals surface area contributed by atoms with Crippen molar-refractivity contribution in [2.45, 2.75) is 31.7 Å². The first-order chi connectivity index (χ1) is 15.1. The zero-order valence-corrected chi connectivity index (χ0v) is 18.3. The fourth-order valence-electron chi connectivity index (χ4n) is 4.14. The average molecular weight is 439 g/mol. The van der Waals surface area contributed by atoms with Gasteiger partial charge >= 0.3 is 6.01 Å². The Balaban J connectivity index is 1.29. The van der Waals surface area contributed by atoms with E-state index in [1.807, 2.05) is 42.5 Å². The molecule has 3 aromatic rings. The van der Waals surface area contributed by atoms with Crippen LogP contribution in [0.3, 0.4) is 0 Å². The number of anilines is 1. The maximum absolute atomic E-state index is 11.8. The van der Waals surface area contributed by atoms with E-state index in [0.29, 0.717) is 11.8 Å². The van der Waals surface area contributed by atoms with Crippen molar-refractivity contribution in [2.24, 2.45) is 5.92 Å². The van der Waals surface area contributed by atoms with E-state index in [0.717, 1.165) is 49.3 Å². The normalized spacial score (nSPS) is 17.2. The van der Waals surface area contributed by atoms with E-state index in [1.54, 1.807) is 0 Å². The van der Waals surface area contributed by atoms with Gasteiger partial charge in [0.25, 0.3) is 0 Å². The molecular weight excluding hydrogens is 412 g/mol. The van der Waals surface area contributed by atoms with Crippen molar-refractivity contribution in [3.05, 3.63) is 65.2 Å². The highest BCUT2D eigenvalue weighted by molar-refractivity contribution is 6.30. The Morgan fingerprint density at radius 1 is 1.13 bits per heavy atom. The summed E-state index contributed by atoms with van der Waals surface area (Å²) in [5.41, 5.74) is 2.21. The van der Waals surface area contributed by atoms with E-state index < -0.39 is 6.04 Å². The van der Waals surface area contributed by atoms with Crippen molar-refractivity contribution in [1.82, 2.24) is 15.1 Å². The molecule has 0 radical (unpaired) electrons. The van der Waals surface area contributed by atoms with Crippen molar-refractivity contribution >= 4 is 23.9 Å². The van der Waals surface area contributed by atoms with E-state index in [2.05, 4.69) is 39.5 Å². The zero-order chi connectivity index (χ0) is 21.6. The van der Waals surface area contributed by atoms with Crippen LogP contribution in [0.4, 0.5) is 6.01 Å². The van der Waals surface area contributed by atoms with Crippen LogP contribution >= 0.6 is 11.6 Å². The number of piperidine rings is 1. The summed E-state index contributed by atoms with van der Waals surface area (Å²) in [6.07, 6.45) is 3.15. The molecule has 2 aromatic carbocycles. The summed E-state index contributed by atoms with van der Waals surface area (Å²) in [7, 11) is 0. The molecule has 1 aromatic heterocycles. The van der Waals surface area contributed by atoms with Gasteiger partial charge in [-0.1, -0.05) is 54.0 Å². The molecule has 1 aliphatic rings. The highest BCUT2D eigenvalue weighted by Crippen LogP contribution is 2.29. The second-order valence-corrected chi connectivity index (χ2v) is 8.62. The van der Waals surface area contributed by atoms with E-state index in [1.165, 1.54) is 5.56 Å². The van der Waals surface area contributed by atoms with Crippen molar-refractivity contribution in [2.75, 3.05) is 25.0 Å². The van der Waals surface area contributed by atoms with E-state index >= 15 is 0 Å². The van der Waals surface area contributed by atoms with Gasteiger partial charge in [0.2, 0.25) is 5.89 Å². The topological polar surface area (TPSA) is 71.3 Å². The lowest BCUT2D eigenvalue weighted by molar-refractivity contribution is -0.109. The van der Waals surface area contributed by atoms with Crippen LogP contribution in [0.2, 0.25) is 5.02 Å². The fourth-order valence-corrected chi connectivity index (χ4v) is 4.26. The summed E-state index contributed by atoms with van der Waals surface area (Å²) >= 11 is 6.01. The van der Waals surface area contributed by atoms with Crippen molar-refractivity contribution < 1.29 is 9.21 Å². The van der Waals surface area contributed by atoms with E-state index in [-0.39, 0.29) is 11.9 Å². The van der Waals surface area contributed by atoms with Gasteiger partial charge in [-0.25, -0.2) is 0 Å². The molecule has 1 aliphatic heterocycles. The van der Waals surface area contributed by atoms with Gasteiger partial charge in [0.15, 0.2) is 0 Å². The molecule has 1 fully saturated rings. The Morgan fingerprint density at radius 3 is 2.52 bits per heavy atom. The van der Waals surface area contributed by atoms with E-state index in [4.69, 9.17) is 16.0 Å². The van der Waals surface area contributed by atoms with Crippen LogP contribution in [0.15, 0.2) is 59.0 Å². The predicted molar refractivity (Wildman–Crippen MR) is 122 cm³/mol. The molecule has 4 rings (SSSR count). The van der Waals surface area contributed by atoms with Gasteiger partial charge in [0.1, 0.15) is 6.29 Å². The highest BCUT2D eigenvalue weighted by Gasteiger charge is 2.25. The molecule has 2 atom stereocenters. The Kier molecular flexibility index (Phi) is 6.99. The van der Waals surface area contributed by atoms with Gasteiger partial charge in [-0.05, 0) is 67.6 Å². The maximum atomic E-state index is 11.8. The van der Waals surface area contributed by atoms with Crippen molar-refractivity contribution in [1.29, 1.82) is 0 Å². The first kappa shape index (κ1) is 21.5. The van der Waals surface area contributed by atoms with Crippen LogP contribution in [0, 0.1) is 5.92 Å². The Hall–Kier alpha value is -2.70. The number of nitrogens with zero attached hydrogens (tertiary/aromatic N) is 3. The number of likely N-dealkylation sites (tertiary alicyclic amines) is 1. The van der Waals surface area contributed by atoms with Crippen LogP contribution < -0.4 is 5.32 Å². The Morgan fingerprint density at radius 2 is 1.84 bits per heavy atom. The molecule has 0 aliphatic carbocycles. The number of aldehydes is 1. The number of halogens is 1. The summed E-state index contributed by atoms with van der Waals surface area (Å²) in [5, 5.41) is 12.0. The largest absolute Gasteiger partial charge is 0.403 e. The van der Waals surface area contributed by atoms with Crippen LogP contribution in [0.25, 0.3) is 11.5 Å². The van der Waals surface area contributed by atoms with Crippen LogP contribution in [-0.2, 0) is 4.79 Å². The molecule has 0 amide bonds. The molecule has 2 unspecified atom stereocenters. The molecule has 7 heteroatoms. The highest BCUT2D eigenvalue weighted by atomic mass is 35.5.